The van der Waals surface area contributed by atoms with Crippen molar-refractivity contribution in [3.8, 4) is 11.4 Å². The van der Waals surface area contributed by atoms with Crippen molar-refractivity contribution in [3.63, 3.8) is 0 Å². The van der Waals surface area contributed by atoms with E-state index >= 15 is 0 Å². The summed E-state index contributed by atoms with van der Waals surface area (Å²) < 4.78 is 2.03. The van der Waals surface area contributed by atoms with Gasteiger partial charge in [0.1, 0.15) is 11.5 Å². The number of carbonyl (C=O) groups is 1. The van der Waals surface area contributed by atoms with Crippen molar-refractivity contribution in [1.82, 2.24) is 34.9 Å². The largest absolute Gasteiger partial charge is 0.403 e. The number of nitrogens with two attached hydrogens (primary N) is 1. The van der Waals surface area contributed by atoms with Crippen LogP contribution in [0.4, 0.5) is 11.5 Å². The van der Waals surface area contributed by atoms with Crippen LogP contribution in [0.25, 0.3) is 33.2 Å². The first-order valence-corrected chi connectivity index (χ1v) is 12.6. The molecular formula is C29H31N9O. The molecule has 0 atom stereocenters. The molecule has 0 bridgehead atoms. The third kappa shape index (κ3) is 5.65. The number of carbonyl (C=O) groups excluding carboxylic acids is 1. The van der Waals surface area contributed by atoms with Crippen molar-refractivity contribution in [2.24, 2.45) is 5.73 Å². The Morgan fingerprint density at radius 2 is 2.00 bits per heavy atom. The molecular weight excluding hydrogens is 490 g/mol. The van der Waals surface area contributed by atoms with Crippen LogP contribution >= 0.6 is 0 Å². The standard InChI is InChI=1S/C29H31N9O/c1-4-5-23(17-30)34-29(39)26-15-19-6-7-20(16-25(19)38(26)13-12-37(2)3)28-31-11-10-27(35-28)33-22-8-9-24-21(14-22)18-32-36-24/h4-11,14-18H,12-13,30H2,1-3H3,(H,32,36)(H,34,39)(H,31,33,35)/b5-4-,23-17+. The first-order valence-electron chi connectivity index (χ1n) is 12.6. The Balaban J connectivity index is 1.48. The van der Waals surface area contributed by atoms with Crippen LogP contribution in [-0.4, -0.2) is 56.2 Å². The fraction of sp³-hybridized carbons (Fsp3) is 0.172. The average molecular weight is 522 g/mol. The van der Waals surface area contributed by atoms with Crippen LogP contribution < -0.4 is 16.4 Å². The van der Waals surface area contributed by atoms with Crippen molar-refractivity contribution in [1.29, 1.82) is 0 Å². The van der Waals surface area contributed by atoms with Gasteiger partial charge in [0.05, 0.1) is 17.4 Å². The molecule has 0 radical (unpaired) electrons. The maximum absolute atomic E-state index is 13.2. The van der Waals surface area contributed by atoms with Crippen LogP contribution in [0.2, 0.25) is 0 Å². The van der Waals surface area contributed by atoms with E-state index in [1.165, 1.54) is 6.20 Å². The number of allylic oxidation sites excluding steroid dienone is 2. The lowest BCUT2D eigenvalue weighted by molar-refractivity contribution is 0.0957. The smallest absolute Gasteiger partial charge is 0.272 e. The number of amides is 1. The van der Waals surface area contributed by atoms with E-state index in [0.29, 0.717) is 29.6 Å². The number of rotatable bonds is 9. The van der Waals surface area contributed by atoms with E-state index in [9.17, 15) is 4.79 Å². The number of hydrogen-bond acceptors (Lipinski definition) is 7. The zero-order valence-electron chi connectivity index (χ0n) is 22.1. The minimum Gasteiger partial charge on any atom is -0.403 e. The van der Waals surface area contributed by atoms with Crippen molar-refractivity contribution >= 4 is 39.2 Å². The molecule has 3 aromatic heterocycles. The number of hydrogen-bond donors (Lipinski definition) is 4. The Bertz CT molecular complexity index is 1690. The third-order valence-electron chi connectivity index (χ3n) is 6.32. The van der Waals surface area contributed by atoms with E-state index in [0.717, 1.165) is 39.6 Å². The summed E-state index contributed by atoms with van der Waals surface area (Å²) in [7, 11) is 4.02. The number of fused-ring (bicyclic) bond motifs is 2. The molecule has 0 aliphatic carbocycles. The van der Waals surface area contributed by atoms with Crippen LogP contribution in [0.5, 0.6) is 0 Å². The van der Waals surface area contributed by atoms with Gasteiger partial charge in [0.2, 0.25) is 0 Å². The number of nitrogens with zero attached hydrogens (tertiary/aromatic N) is 5. The SMILES string of the molecule is C/C=C\C(=C/N)NC(=O)c1cc2ccc(-c3nccc(Nc4ccc5[nH]ncc5c4)n3)cc2n1CCN(C)C. The average Bonchev–Trinajstić information content (AvgIpc) is 3.55. The second kappa shape index (κ2) is 11.2. The van der Waals surface area contributed by atoms with Gasteiger partial charge in [-0.25, -0.2) is 9.97 Å². The van der Waals surface area contributed by atoms with Crippen LogP contribution in [-0.2, 0) is 6.54 Å². The van der Waals surface area contributed by atoms with Gasteiger partial charge in [0, 0.05) is 53.0 Å². The summed E-state index contributed by atoms with van der Waals surface area (Å²) in [5.41, 5.74) is 10.4. The van der Waals surface area contributed by atoms with Gasteiger partial charge < -0.3 is 25.8 Å². The summed E-state index contributed by atoms with van der Waals surface area (Å²) in [6.45, 7) is 3.27. The maximum Gasteiger partial charge on any atom is 0.272 e. The summed E-state index contributed by atoms with van der Waals surface area (Å²) in [5, 5.41) is 15.2. The summed E-state index contributed by atoms with van der Waals surface area (Å²) >= 11 is 0. The molecule has 0 saturated carbocycles. The lowest BCUT2D eigenvalue weighted by atomic mass is 10.1. The van der Waals surface area contributed by atoms with Crippen molar-refractivity contribution in [2.45, 2.75) is 13.5 Å². The topological polar surface area (TPSA) is 130 Å². The summed E-state index contributed by atoms with van der Waals surface area (Å²) in [5.74, 6) is 1.04. The first-order chi connectivity index (χ1) is 18.9. The molecule has 0 saturated heterocycles. The fourth-order valence-corrected chi connectivity index (χ4v) is 4.37. The van der Waals surface area contributed by atoms with Gasteiger partial charge in [-0.3, -0.25) is 9.89 Å². The van der Waals surface area contributed by atoms with Crippen LogP contribution in [0.15, 0.2) is 85.0 Å². The fourth-order valence-electron chi connectivity index (χ4n) is 4.37. The zero-order chi connectivity index (χ0) is 27.4. The van der Waals surface area contributed by atoms with E-state index in [1.807, 2.05) is 80.2 Å². The minimum atomic E-state index is -0.224. The second-order valence-corrected chi connectivity index (χ2v) is 9.40. The Hall–Kier alpha value is -4.96. The van der Waals surface area contributed by atoms with E-state index < -0.39 is 0 Å². The van der Waals surface area contributed by atoms with Crippen LogP contribution in [0, 0.1) is 0 Å². The van der Waals surface area contributed by atoms with E-state index in [2.05, 4.69) is 30.7 Å². The monoisotopic (exact) mass is 521 g/mol. The van der Waals surface area contributed by atoms with E-state index in [-0.39, 0.29) is 5.91 Å². The summed E-state index contributed by atoms with van der Waals surface area (Å²) in [6.07, 6.45) is 8.49. The summed E-state index contributed by atoms with van der Waals surface area (Å²) in [6, 6.07) is 15.7. The molecule has 1 amide bonds. The highest BCUT2D eigenvalue weighted by Gasteiger charge is 2.17. The molecule has 0 aliphatic rings. The molecule has 5 N–H and O–H groups in total. The maximum atomic E-state index is 13.2. The van der Waals surface area contributed by atoms with Crippen molar-refractivity contribution in [3.05, 3.63) is 90.7 Å². The minimum absolute atomic E-state index is 0.224. The highest BCUT2D eigenvalue weighted by atomic mass is 16.2. The zero-order valence-corrected chi connectivity index (χ0v) is 22.1. The Morgan fingerprint density at radius 3 is 2.79 bits per heavy atom. The normalized spacial score (nSPS) is 12.2. The quantitative estimate of drug-likeness (QED) is 0.212. The Labute approximate surface area is 226 Å². The number of aromatic amines is 1. The molecule has 5 rings (SSSR count). The molecule has 0 spiro atoms. The Morgan fingerprint density at radius 1 is 1.13 bits per heavy atom. The molecule has 5 aromatic rings. The second-order valence-electron chi connectivity index (χ2n) is 9.40. The molecule has 2 aromatic carbocycles. The van der Waals surface area contributed by atoms with E-state index in [1.54, 1.807) is 18.5 Å². The Kier molecular flexibility index (Phi) is 7.37. The van der Waals surface area contributed by atoms with Gasteiger partial charge in [-0.2, -0.15) is 5.10 Å². The van der Waals surface area contributed by atoms with Gasteiger partial charge in [-0.1, -0.05) is 18.2 Å². The van der Waals surface area contributed by atoms with Crippen LogP contribution in [0.3, 0.4) is 0 Å². The molecule has 3 heterocycles. The highest BCUT2D eigenvalue weighted by molar-refractivity contribution is 6.00. The van der Waals surface area contributed by atoms with E-state index in [4.69, 9.17) is 10.7 Å². The predicted octanol–water partition coefficient (Wildman–Crippen LogP) is 4.39. The molecule has 10 heteroatoms. The molecule has 0 unspecified atom stereocenters. The van der Waals surface area contributed by atoms with Gasteiger partial charge >= 0.3 is 0 Å². The molecule has 198 valence electrons. The van der Waals surface area contributed by atoms with Gasteiger partial charge in [0.25, 0.3) is 5.91 Å². The molecule has 39 heavy (non-hydrogen) atoms. The number of likely N-dealkylation sites (N-methyl/N-ethyl adjacent to an activating group) is 1. The molecule has 10 nitrogen and oxygen atoms in total. The van der Waals surface area contributed by atoms with Gasteiger partial charge in [0.15, 0.2) is 5.82 Å². The van der Waals surface area contributed by atoms with Gasteiger partial charge in [-0.15, -0.1) is 0 Å². The molecule has 0 fully saturated rings. The predicted molar refractivity (Wildman–Crippen MR) is 155 cm³/mol. The first kappa shape index (κ1) is 25.7. The van der Waals surface area contributed by atoms with Crippen LogP contribution in [0.1, 0.15) is 17.4 Å². The third-order valence-corrected chi connectivity index (χ3v) is 6.32. The number of H-pyrrole nitrogens is 1. The van der Waals surface area contributed by atoms with Gasteiger partial charge in [-0.05, 0) is 63.5 Å². The summed E-state index contributed by atoms with van der Waals surface area (Å²) in [4.78, 5) is 24.6. The highest BCUT2D eigenvalue weighted by Crippen LogP contribution is 2.27. The van der Waals surface area contributed by atoms with Crippen molar-refractivity contribution in [2.75, 3.05) is 26.0 Å². The van der Waals surface area contributed by atoms with Crippen molar-refractivity contribution < 1.29 is 4.79 Å². The number of anilines is 2. The number of nitrogens with one attached hydrogen (secondary N) is 3. The lowest BCUT2D eigenvalue weighted by Gasteiger charge is -2.15. The molecule has 0 aliphatic heterocycles. The number of benzene rings is 2. The lowest BCUT2D eigenvalue weighted by Crippen LogP contribution is -2.27. The number of aromatic nitrogens is 5.